The van der Waals surface area contributed by atoms with Gasteiger partial charge in [-0.3, -0.25) is 4.79 Å². The second-order valence-corrected chi connectivity index (χ2v) is 8.14. The molecule has 3 rings (SSSR count). The summed E-state index contributed by atoms with van der Waals surface area (Å²) in [6.45, 7) is 3.13. The Morgan fingerprint density at radius 2 is 1.92 bits per heavy atom. The van der Waals surface area contributed by atoms with Crippen molar-refractivity contribution >= 4 is 23.7 Å². The molecule has 6 heteroatoms. The van der Waals surface area contributed by atoms with Gasteiger partial charge in [-0.15, -0.1) is 0 Å². The molecular formula is C20H29N3O2S. The highest BCUT2D eigenvalue weighted by atomic mass is 32.2. The minimum absolute atomic E-state index is 0.0456. The number of nitrogens with zero attached hydrogens (tertiary/aromatic N) is 2. The van der Waals surface area contributed by atoms with Gasteiger partial charge in [-0.05, 0) is 37.0 Å². The zero-order valence-electron chi connectivity index (χ0n) is 15.4. The maximum atomic E-state index is 12.3. The maximum Gasteiger partial charge on any atom is 0.317 e. The standard InChI is InChI=1S/C20H29N3O2S/c24-19-8-4-12-23(19)18-9-13-22(14-10-18)20(25)21-11-5-15-26-16-17-6-2-1-3-7-17/h1-3,6-7,18H,4-5,8-16H2,(H,21,25). The molecule has 1 aromatic rings. The van der Waals surface area contributed by atoms with Gasteiger partial charge in [0.1, 0.15) is 0 Å². The van der Waals surface area contributed by atoms with Crippen LogP contribution in [0, 0.1) is 0 Å². The van der Waals surface area contributed by atoms with Crippen molar-refractivity contribution in [1.29, 1.82) is 0 Å². The molecule has 0 bridgehead atoms. The van der Waals surface area contributed by atoms with Crippen LogP contribution in [0.3, 0.4) is 0 Å². The van der Waals surface area contributed by atoms with Crippen LogP contribution in [-0.2, 0) is 10.5 Å². The lowest BCUT2D eigenvalue weighted by Crippen LogP contribution is -2.50. The number of amides is 3. The number of carbonyl (C=O) groups excluding carboxylic acids is 2. The number of benzene rings is 1. The van der Waals surface area contributed by atoms with Gasteiger partial charge in [0.25, 0.3) is 0 Å². The Bertz CT molecular complexity index is 588. The molecule has 0 aliphatic carbocycles. The highest BCUT2D eigenvalue weighted by molar-refractivity contribution is 7.98. The highest BCUT2D eigenvalue weighted by Crippen LogP contribution is 2.22. The van der Waals surface area contributed by atoms with E-state index in [-0.39, 0.29) is 6.03 Å². The van der Waals surface area contributed by atoms with E-state index >= 15 is 0 Å². The molecule has 3 amide bonds. The maximum absolute atomic E-state index is 12.3. The van der Waals surface area contributed by atoms with Crippen molar-refractivity contribution in [3.63, 3.8) is 0 Å². The first-order valence-electron chi connectivity index (χ1n) is 9.68. The van der Waals surface area contributed by atoms with E-state index in [1.54, 1.807) is 0 Å². The molecule has 0 radical (unpaired) electrons. The van der Waals surface area contributed by atoms with E-state index in [0.29, 0.717) is 18.4 Å². The fraction of sp³-hybridized carbons (Fsp3) is 0.600. The Morgan fingerprint density at radius 3 is 2.62 bits per heavy atom. The van der Waals surface area contributed by atoms with Gasteiger partial charge in [0, 0.05) is 44.4 Å². The average Bonchev–Trinajstić information content (AvgIpc) is 3.11. The number of nitrogens with one attached hydrogen (secondary N) is 1. The van der Waals surface area contributed by atoms with Crippen LogP contribution in [0.15, 0.2) is 30.3 Å². The van der Waals surface area contributed by atoms with Gasteiger partial charge in [-0.2, -0.15) is 11.8 Å². The summed E-state index contributed by atoms with van der Waals surface area (Å²) in [4.78, 5) is 28.0. The average molecular weight is 376 g/mol. The van der Waals surface area contributed by atoms with Crippen molar-refractivity contribution < 1.29 is 9.59 Å². The van der Waals surface area contributed by atoms with E-state index in [0.717, 1.165) is 63.4 Å². The van der Waals surface area contributed by atoms with Crippen LogP contribution in [0.2, 0.25) is 0 Å². The van der Waals surface area contributed by atoms with Crippen molar-refractivity contribution in [3.05, 3.63) is 35.9 Å². The third kappa shape index (κ3) is 5.40. The number of hydrogen-bond donors (Lipinski definition) is 1. The van der Waals surface area contributed by atoms with E-state index in [1.165, 1.54) is 5.56 Å². The third-order valence-corrected chi connectivity index (χ3v) is 6.27. The quantitative estimate of drug-likeness (QED) is 0.745. The Balaban J connectivity index is 1.26. The Kier molecular flexibility index (Phi) is 7.23. The predicted octanol–water partition coefficient (Wildman–Crippen LogP) is 3.11. The van der Waals surface area contributed by atoms with E-state index in [9.17, 15) is 9.59 Å². The Morgan fingerprint density at radius 1 is 1.15 bits per heavy atom. The topological polar surface area (TPSA) is 52.7 Å². The molecule has 2 saturated heterocycles. The predicted molar refractivity (Wildman–Crippen MR) is 106 cm³/mol. The summed E-state index contributed by atoms with van der Waals surface area (Å²) in [5, 5.41) is 3.04. The molecule has 0 saturated carbocycles. The first kappa shape index (κ1) is 19.1. The molecule has 0 spiro atoms. The zero-order chi connectivity index (χ0) is 18.2. The van der Waals surface area contributed by atoms with Crippen LogP contribution >= 0.6 is 11.8 Å². The normalized spacial score (nSPS) is 18.4. The lowest BCUT2D eigenvalue weighted by molar-refractivity contribution is -0.130. The monoisotopic (exact) mass is 375 g/mol. The molecule has 2 aliphatic rings. The molecule has 142 valence electrons. The Hall–Kier alpha value is -1.69. The van der Waals surface area contributed by atoms with Crippen LogP contribution in [0.5, 0.6) is 0 Å². The first-order valence-corrected chi connectivity index (χ1v) is 10.8. The summed E-state index contributed by atoms with van der Waals surface area (Å²) in [5.74, 6) is 2.37. The highest BCUT2D eigenvalue weighted by Gasteiger charge is 2.31. The van der Waals surface area contributed by atoms with Crippen molar-refractivity contribution in [2.75, 3.05) is 31.9 Å². The summed E-state index contributed by atoms with van der Waals surface area (Å²) < 4.78 is 0. The van der Waals surface area contributed by atoms with Crippen LogP contribution in [0.25, 0.3) is 0 Å². The molecule has 2 fully saturated rings. The second-order valence-electron chi connectivity index (χ2n) is 7.03. The van der Waals surface area contributed by atoms with Gasteiger partial charge in [0.15, 0.2) is 0 Å². The number of hydrogen-bond acceptors (Lipinski definition) is 3. The van der Waals surface area contributed by atoms with Gasteiger partial charge in [-0.1, -0.05) is 30.3 Å². The van der Waals surface area contributed by atoms with E-state index in [1.807, 2.05) is 27.6 Å². The molecule has 1 N–H and O–H groups in total. The minimum Gasteiger partial charge on any atom is -0.340 e. The van der Waals surface area contributed by atoms with Gasteiger partial charge >= 0.3 is 6.03 Å². The molecule has 2 heterocycles. The van der Waals surface area contributed by atoms with Crippen molar-refractivity contribution in [3.8, 4) is 0 Å². The van der Waals surface area contributed by atoms with Gasteiger partial charge in [0.05, 0.1) is 0 Å². The molecule has 0 unspecified atom stereocenters. The van der Waals surface area contributed by atoms with Crippen molar-refractivity contribution in [1.82, 2.24) is 15.1 Å². The van der Waals surface area contributed by atoms with Crippen molar-refractivity contribution in [2.24, 2.45) is 0 Å². The lowest BCUT2D eigenvalue weighted by atomic mass is 10.0. The number of urea groups is 1. The van der Waals surface area contributed by atoms with Crippen LogP contribution in [0.4, 0.5) is 4.79 Å². The number of rotatable bonds is 7. The smallest absolute Gasteiger partial charge is 0.317 e. The van der Waals surface area contributed by atoms with Gasteiger partial charge in [-0.25, -0.2) is 4.79 Å². The molecule has 0 atom stereocenters. The largest absolute Gasteiger partial charge is 0.340 e. The van der Waals surface area contributed by atoms with Gasteiger partial charge in [0.2, 0.25) is 5.91 Å². The van der Waals surface area contributed by atoms with Crippen molar-refractivity contribution in [2.45, 2.75) is 43.9 Å². The molecule has 0 aromatic heterocycles. The third-order valence-electron chi connectivity index (χ3n) is 5.16. The van der Waals surface area contributed by atoms with Crippen LogP contribution in [0.1, 0.15) is 37.7 Å². The molecule has 5 nitrogen and oxygen atoms in total. The number of likely N-dealkylation sites (tertiary alicyclic amines) is 2. The van der Waals surface area contributed by atoms with Crippen LogP contribution < -0.4 is 5.32 Å². The zero-order valence-corrected chi connectivity index (χ0v) is 16.2. The molecule has 1 aromatic carbocycles. The minimum atomic E-state index is 0.0456. The summed E-state index contributed by atoms with van der Waals surface area (Å²) in [7, 11) is 0. The number of carbonyl (C=O) groups is 2. The molecule has 26 heavy (non-hydrogen) atoms. The fourth-order valence-corrected chi connectivity index (χ4v) is 4.60. The number of piperidine rings is 1. The Labute approximate surface area is 160 Å². The summed E-state index contributed by atoms with van der Waals surface area (Å²) in [6.07, 6.45) is 4.49. The number of thioether (sulfide) groups is 1. The van der Waals surface area contributed by atoms with E-state index < -0.39 is 0 Å². The van der Waals surface area contributed by atoms with Gasteiger partial charge < -0.3 is 15.1 Å². The van der Waals surface area contributed by atoms with E-state index in [2.05, 4.69) is 29.6 Å². The fourth-order valence-electron chi connectivity index (χ4n) is 3.68. The van der Waals surface area contributed by atoms with Crippen LogP contribution in [-0.4, -0.2) is 59.7 Å². The lowest BCUT2D eigenvalue weighted by Gasteiger charge is -2.36. The molecular weight excluding hydrogens is 346 g/mol. The second kappa shape index (κ2) is 9.86. The first-order chi connectivity index (χ1) is 12.7. The SMILES string of the molecule is O=C(NCCCSCc1ccccc1)N1CCC(N2CCCC2=O)CC1. The summed E-state index contributed by atoms with van der Waals surface area (Å²) in [6, 6.07) is 10.8. The van der Waals surface area contributed by atoms with E-state index in [4.69, 9.17) is 0 Å². The molecule has 2 aliphatic heterocycles. The summed E-state index contributed by atoms with van der Waals surface area (Å²) >= 11 is 1.91. The summed E-state index contributed by atoms with van der Waals surface area (Å²) in [5.41, 5.74) is 1.35.